The van der Waals surface area contributed by atoms with Crippen LogP contribution in [0.25, 0.3) is 0 Å². The van der Waals surface area contributed by atoms with Gasteiger partial charge in [-0.15, -0.1) is 24.0 Å². The summed E-state index contributed by atoms with van der Waals surface area (Å²) in [5, 5.41) is 6.76. The first-order valence-corrected chi connectivity index (χ1v) is 10.6. The summed E-state index contributed by atoms with van der Waals surface area (Å²) >= 11 is 0. The molecule has 0 saturated carbocycles. The second kappa shape index (κ2) is 19.8. The number of anilines is 1. The van der Waals surface area contributed by atoms with E-state index in [2.05, 4.69) is 15.6 Å². The summed E-state index contributed by atoms with van der Waals surface area (Å²) < 4.78 is 21.5. The topological polar surface area (TPSA) is 73.3 Å². The minimum atomic E-state index is 0. The van der Waals surface area contributed by atoms with Crippen LogP contribution in [0.1, 0.15) is 40.0 Å². The van der Waals surface area contributed by atoms with Gasteiger partial charge in [-0.1, -0.05) is 0 Å². The lowest BCUT2D eigenvalue weighted by Crippen LogP contribution is -2.32. The van der Waals surface area contributed by atoms with Gasteiger partial charge >= 0.3 is 0 Å². The molecule has 1 aromatic carbocycles. The summed E-state index contributed by atoms with van der Waals surface area (Å²) in [6, 6.07) is 7.92. The first kappa shape index (κ1) is 28.9. The summed E-state index contributed by atoms with van der Waals surface area (Å²) in [7, 11) is 1.67. The Morgan fingerprint density at radius 2 is 1.70 bits per heavy atom. The molecule has 0 aliphatic carbocycles. The number of nitrogens with zero attached hydrogens (tertiary/aromatic N) is 1. The van der Waals surface area contributed by atoms with Crippen molar-refractivity contribution in [3.05, 3.63) is 24.3 Å². The van der Waals surface area contributed by atoms with Gasteiger partial charge in [-0.05, 0) is 64.3 Å². The highest BCUT2D eigenvalue weighted by Gasteiger charge is 2.02. The van der Waals surface area contributed by atoms with Crippen molar-refractivity contribution in [2.45, 2.75) is 46.1 Å². The minimum absolute atomic E-state index is 0. The van der Waals surface area contributed by atoms with E-state index in [-0.39, 0.29) is 30.1 Å². The van der Waals surface area contributed by atoms with Gasteiger partial charge in [-0.25, -0.2) is 0 Å². The smallest absolute Gasteiger partial charge is 0.195 e. The number of hydrogen-bond acceptors (Lipinski definition) is 5. The summed E-state index contributed by atoms with van der Waals surface area (Å²) in [6.45, 7) is 11.1. The van der Waals surface area contributed by atoms with Crippen molar-refractivity contribution in [3.63, 3.8) is 0 Å². The molecular formula is C22H40IN3O4. The number of methoxy groups -OCH3 is 1. The van der Waals surface area contributed by atoms with Crippen molar-refractivity contribution in [3.8, 4) is 5.75 Å². The molecule has 0 unspecified atom stereocenters. The van der Waals surface area contributed by atoms with Gasteiger partial charge in [0.25, 0.3) is 0 Å². The molecule has 0 heterocycles. The van der Waals surface area contributed by atoms with Gasteiger partial charge < -0.3 is 29.6 Å². The number of halogens is 1. The van der Waals surface area contributed by atoms with Crippen LogP contribution in [0.15, 0.2) is 29.3 Å². The third-order valence-corrected chi connectivity index (χ3v) is 3.85. The van der Waals surface area contributed by atoms with Gasteiger partial charge in [-0.2, -0.15) is 0 Å². The third-order valence-electron chi connectivity index (χ3n) is 3.85. The van der Waals surface area contributed by atoms with Crippen LogP contribution in [0.5, 0.6) is 5.75 Å². The minimum Gasteiger partial charge on any atom is -0.491 e. The highest BCUT2D eigenvalue weighted by molar-refractivity contribution is 14.0. The van der Waals surface area contributed by atoms with Crippen LogP contribution in [0, 0.1) is 0 Å². The molecule has 0 fully saturated rings. The zero-order valence-electron chi connectivity index (χ0n) is 18.9. The van der Waals surface area contributed by atoms with Gasteiger partial charge in [0, 0.05) is 45.7 Å². The SMILES string of the molecule is CCOCCCCNC(=NCCCOCCOC)Nc1ccc(OC(C)C)cc1.I. The Balaban J connectivity index is 0.00000841. The molecule has 174 valence electrons. The number of aliphatic imine (C=N–C) groups is 1. The van der Waals surface area contributed by atoms with Crippen molar-refractivity contribution in [1.29, 1.82) is 0 Å². The Morgan fingerprint density at radius 1 is 0.967 bits per heavy atom. The number of rotatable bonds is 16. The van der Waals surface area contributed by atoms with Gasteiger partial charge in [0.1, 0.15) is 5.75 Å². The molecule has 7 nitrogen and oxygen atoms in total. The molecule has 0 radical (unpaired) electrons. The number of nitrogens with one attached hydrogen (secondary N) is 2. The Bertz CT molecular complexity index is 542. The number of unbranched alkanes of at least 4 members (excludes halogenated alkanes) is 1. The van der Waals surface area contributed by atoms with E-state index in [0.29, 0.717) is 26.4 Å². The molecule has 0 aromatic heterocycles. The molecule has 1 aromatic rings. The molecule has 8 heteroatoms. The lowest BCUT2D eigenvalue weighted by Gasteiger charge is -2.14. The van der Waals surface area contributed by atoms with E-state index in [1.165, 1.54) is 0 Å². The van der Waals surface area contributed by atoms with E-state index in [9.17, 15) is 0 Å². The Kier molecular flexibility index (Phi) is 19.1. The fraction of sp³-hybridized carbons (Fsp3) is 0.682. The number of guanidine groups is 1. The van der Waals surface area contributed by atoms with Crippen LogP contribution >= 0.6 is 24.0 Å². The molecule has 0 aliphatic rings. The molecule has 2 N–H and O–H groups in total. The second-order valence-electron chi connectivity index (χ2n) is 6.84. The summed E-state index contributed by atoms with van der Waals surface area (Å²) in [6.07, 6.45) is 3.09. The summed E-state index contributed by atoms with van der Waals surface area (Å²) in [5.74, 6) is 1.64. The number of benzene rings is 1. The Hall–Kier alpha value is -1.10. The van der Waals surface area contributed by atoms with Crippen LogP contribution in [0.3, 0.4) is 0 Å². The molecule has 1 rings (SSSR count). The largest absolute Gasteiger partial charge is 0.491 e. The summed E-state index contributed by atoms with van der Waals surface area (Å²) in [5.41, 5.74) is 0.970. The maximum Gasteiger partial charge on any atom is 0.195 e. The van der Waals surface area contributed by atoms with Crippen LogP contribution in [0.4, 0.5) is 5.69 Å². The standard InChI is InChI=1S/C22H39N3O4.HI/c1-5-27-15-7-6-13-23-22(24-14-8-16-28-18-17-26-4)25-20-9-11-21(12-10-20)29-19(2)3;/h9-12,19H,5-8,13-18H2,1-4H3,(H2,23,24,25);1H. The van der Waals surface area contributed by atoms with Crippen LogP contribution in [-0.2, 0) is 14.2 Å². The van der Waals surface area contributed by atoms with Gasteiger partial charge in [0.15, 0.2) is 5.96 Å². The lowest BCUT2D eigenvalue weighted by atomic mass is 10.3. The molecule has 0 spiro atoms. The fourth-order valence-electron chi connectivity index (χ4n) is 2.45. The zero-order chi connectivity index (χ0) is 21.2. The van der Waals surface area contributed by atoms with Crippen molar-refractivity contribution in [1.82, 2.24) is 5.32 Å². The van der Waals surface area contributed by atoms with E-state index in [4.69, 9.17) is 18.9 Å². The highest BCUT2D eigenvalue weighted by atomic mass is 127. The predicted molar refractivity (Wildman–Crippen MR) is 135 cm³/mol. The summed E-state index contributed by atoms with van der Waals surface area (Å²) in [4.78, 5) is 4.66. The molecule has 0 aliphatic heterocycles. The Morgan fingerprint density at radius 3 is 2.37 bits per heavy atom. The average molecular weight is 537 g/mol. The highest BCUT2D eigenvalue weighted by Crippen LogP contribution is 2.16. The second-order valence-corrected chi connectivity index (χ2v) is 6.84. The molecular weight excluding hydrogens is 497 g/mol. The van der Waals surface area contributed by atoms with Crippen molar-refractivity contribution >= 4 is 35.6 Å². The number of hydrogen-bond donors (Lipinski definition) is 2. The van der Waals surface area contributed by atoms with E-state index in [1.54, 1.807) is 7.11 Å². The van der Waals surface area contributed by atoms with E-state index < -0.39 is 0 Å². The lowest BCUT2D eigenvalue weighted by molar-refractivity contribution is 0.0702. The molecule has 0 amide bonds. The Labute approximate surface area is 199 Å². The van der Waals surface area contributed by atoms with Crippen molar-refractivity contribution in [2.75, 3.05) is 58.6 Å². The van der Waals surface area contributed by atoms with Gasteiger partial charge in [0.2, 0.25) is 0 Å². The zero-order valence-corrected chi connectivity index (χ0v) is 21.3. The van der Waals surface area contributed by atoms with Gasteiger partial charge in [-0.3, -0.25) is 4.99 Å². The van der Waals surface area contributed by atoms with E-state index >= 15 is 0 Å². The fourth-order valence-corrected chi connectivity index (χ4v) is 2.45. The molecule has 30 heavy (non-hydrogen) atoms. The molecule has 0 bridgehead atoms. The first-order valence-electron chi connectivity index (χ1n) is 10.6. The molecule has 0 atom stereocenters. The maximum absolute atomic E-state index is 5.70. The quantitative estimate of drug-likeness (QED) is 0.142. The van der Waals surface area contributed by atoms with Crippen LogP contribution in [0.2, 0.25) is 0 Å². The van der Waals surface area contributed by atoms with E-state index in [1.807, 2.05) is 45.0 Å². The monoisotopic (exact) mass is 537 g/mol. The third kappa shape index (κ3) is 15.7. The first-order chi connectivity index (χ1) is 14.2. The predicted octanol–water partition coefficient (Wildman–Crippen LogP) is 4.32. The molecule has 0 saturated heterocycles. The van der Waals surface area contributed by atoms with Crippen molar-refractivity contribution in [2.24, 2.45) is 4.99 Å². The number of ether oxygens (including phenoxy) is 4. The van der Waals surface area contributed by atoms with Crippen LogP contribution in [-0.4, -0.2) is 65.3 Å². The van der Waals surface area contributed by atoms with E-state index in [0.717, 1.165) is 56.4 Å². The average Bonchev–Trinajstić information content (AvgIpc) is 2.70. The van der Waals surface area contributed by atoms with Crippen LogP contribution < -0.4 is 15.4 Å². The maximum atomic E-state index is 5.70. The van der Waals surface area contributed by atoms with Gasteiger partial charge in [0.05, 0.1) is 19.3 Å². The normalized spacial score (nSPS) is 11.3. The van der Waals surface area contributed by atoms with Crippen molar-refractivity contribution < 1.29 is 18.9 Å².